The van der Waals surface area contributed by atoms with Crippen molar-refractivity contribution in [3.8, 4) is 11.6 Å². The van der Waals surface area contributed by atoms with E-state index in [1.165, 1.54) is 13.3 Å². The van der Waals surface area contributed by atoms with E-state index in [1.54, 1.807) is 30.3 Å². The number of halogens is 1. The summed E-state index contributed by atoms with van der Waals surface area (Å²) >= 11 is 0. The third-order valence-corrected chi connectivity index (χ3v) is 7.14. The number of nitrogens with zero attached hydrogens (tertiary/aromatic N) is 1. The van der Waals surface area contributed by atoms with Crippen LogP contribution in [0.15, 0.2) is 66.9 Å². The zero-order valence-corrected chi connectivity index (χ0v) is 20.5. The molecule has 1 aromatic heterocycles. The van der Waals surface area contributed by atoms with Crippen molar-refractivity contribution in [1.29, 1.82) is 0 Å². The highest BCUT2D eigenvalue weighted by Gasteiger charge is 2.38. The van der Waals surface area contributed by atoms with E-state index < -0.39 is 17.9 Å². The quantitative estimate of drug-likeness (QED) is 0.401. The summed E-state index contributed by atoms with van der Waals surface area (Å²) in [6, 6.07) is 8.52. The number of ether oxygens (including phenoxy) is 2. The minimum Gasteiger partial charge on any atom is -0.493 e. The fraction of sp³-hybridized carbons (Fsp3) is 0.379. The van der Waals surface area contributed by atoms with Gasteiger partial charge in [-0.1, -0.05) is 43.2 Å². The summed E-state index contributed by atoms with van der Waals surface area (Å²) in [6.07, 6.45) is 10.8. The number of allylic oxidation sites excluding steroid dienone is 4. The van der Waals surface area contributed by atoms with Crippen LogP contribution in [-0.2, 0) is 4.79 Å². The summed E-state index contributed by atoms with van der Waals surface area (Å²) in [6.45, 7) is 4.53. The summed E-state index contributed by atoms with van der Waals surface area (Å²) in [4.78, 5) is 14.9. The molecule has 0 amide bonds. The first kappa shape index (κ1) is 25.6. The molecule has 1 aromatic carbocycles. The second kappa shape index (κ2) is 11.1. The Kier molecular flexibility index (Phi) is 7.89. The van der Waals surface area contributed by atoms with Crippen LogP contribution in [0.25, 0.3) is 5.57 Å². The van der Waals surface area contributed by atoms with Gasteiger partial charge in [-0.15, -0.1) is 6.58 Å². The molecule has 0 aliphatic heterocycles. The zero-order chi connectivity index (χ0) is 25.7. The molecule has 0 spiro atoms. The van der Waals surface area contributed by atoms with Crippen molar-refractivity contribution in [3.63, 3.8) is 0 Å². The molecule has 7 heteroatoms. The van der Waals surface area contributed by atoms with Gasteiger partial charge in [0, 0.05) is 23.0 Å². The molecular formula is C29H32FNO5. The van der Waals surface area contributed by atoms with Crippen LogP contribution in [-0.4, -0.2) is 34.9 Å². The van der Waals surface area contributed by atoms with Crippen LogP contribution >= 0.6 is 0 Å². The molecule has 2 aliphatic carbocycles. The van der Waals surface area contributed by atoms with Gasteiger partial charge in [0.1, 0.15) is 11.6 Å². The van der Waals surface area contributed by atoms with E-state index in [9.17, 15) is 14.3 Å². The summed E-state index contributed by atoms with van der Waals surface area (Å²) in [5.41, 5.74) is 2.66. The Morgan fingerprint density at radius 3 is 2.81 bits per heavy atom. The lowest BCUT2D eigenvalue weighted by Crippen LogP contribution is -2.23. The number of aliphatic hydroxyl groups excluding tert-OH is 1. The molecule has 0 radical (unpaired) electrons. The predicted octanol–water partition coefficient (Wildman–Crippen LogP) is 5.89. The van der Waals surface area contributed by atoms with Gasteiger partial charge in [-0.05, 0) is 48.1 Å². The largest absolute Gasteiger partial charge is 0.493 e. The van der Waals surface area contributed by atoms with E-state index in [4.69, 9.17) is 14.6 Å². The smallest absolute Gasteiger partial charge is 0.306 e. The van der Waals surface area contributed by atoms with Crippen LogP contribution < -0.4 is 9.47 Å². The number of benzene rings is 1. The minimum atomic E-state index is -1.10. The maximum atomic E-state index is 14.9. The van der Waals surface area contributed by atoms with Crippen molar-refractivity contribution in [2.45, 2.75) is 44.6 Å². The topological polar surface area (TPSA) is 88.9 Å². The average Bonchev–Trinajstić information content (AvgIpc) is 3.38. The van der Waals surface area contributed by atoms with E-state index in [1.807, 2.05) is 6.08 Å². The van der Waals surface area contributed by atoms with Gasteiger partial charge in [0.2, 0.25) is 5.88 Å². The first-order chi connectivity index (χ1) is 17.3. The molecule has 4 rings (SSSR count). The Labute approximate surface area is 210 Å². The molecule has 0 bridgehead atoms. The number of pyridine rings is 1. The van der Waals surface area contributed by atoms with Gasteiger partial charge in [-0.25, -0.2) is 9.37 Å². The van der Waals surface area contributed by atoms with Crippen molar-refractivity contribution < 1.29 is 28.9 Å². The fourth-order valence-corrected chi connectivity index (χ4v) is 5.20. The number of carboxylic acid groups (broad SMARTS) is 1. The molecule has 1 fully saturated rings. The molecule has 190 valence electrons. The van der Waals surface area contributed by atoms with Gasteiger partial charge in [0.15, 0.2) is 0 Å². The van der Waals surface area contributed by atoms with Gasteiger partial charge < -0.3 is 19.7 Å². The fourth-order valence-electron chi connectivity index (χ4n) is 5.20. The summed E-state index contributed by atoms with van der Waals surface area (Å²) in [5, 5.41) is 19.1. The number of hydrogen-bond acceptors (Lipinski definition) is 5. The van der Waals surface area contributed by atoms with Gasteiger partial charge in [-0.3, -0.25) is 4.79 Å². The van der Waals surface area contributed by atoms with Gasteiger partial charge in [-0.2, -0.15) is 0 Å². The van der Waals surface area contributed by atoms with Gasteiger partial charge in [0.25, 0.3) is 0 Å². The summed E-state index contributed by atoms with van der Waals surface area (Å²) < 4.78 is 26.2. The lowest BCUT2D eigenvalue weighted by atomic mass is 9.70. The molecule has 1 unspecified atom stereocenters. The maximum Gasteiger partial charge on any atom is 0.306 e. The van der Waals surface area contributed by atoms with E-state index in [2.05, 4.69) is 23.7 Å². The first-order valence-electron chi connectivity index (χ1n) is 12.2. The number of hydrogen-bond donors (Lipinski definition) is 2. The van der Waals surface area contributed by atoms with E-state index in [-0.39, 0.29) is 17.8 Å². The molecule has 36 heavy (non-hydrogen) atoms. The van der Waals surface area contributed by atoms with E-state index in [0.717, 1.165) is 36.8 Å². The standard InChI is InChI=1S/C29H32FNO5/c1-3-29(11-4-5-12-29)24-13-19(9-10-22(24)23-15-27(35-2)31-17-25(23)30)18-36-21-8-6-7-20(14-21)26(32)16-28(33)34/h3,6-8,10,13-15,17,19,26,32H,1,4-5,9,11-12,16,18H2,2H3,(H,33,34)/t19?,26-/m1/s1. The highest BCUT2D eigenvalue weighted by molar-refractivity contribution is 5.82. The first-order valence-corrected chi connectivity index (χ1v) is 12.2. The Hall–Kier alpha value is -3.45. The van der Waals surface area contributed by atoms with Crippen molar-refractivity contribution in [2.75, 3.05) is 13.7 Å². The van der Waals surface area contributed by atoms with Crippen molar-refractivity contribution >= 4 is 11.5 Å². The highest BCUT2D eigenvalue weighted by atomic mass is 19.1. The number of aromatic nitrogens is 1. The summed E-state index contributed by atoms with van der Waals surface area (Å²) in [7, 11) is 1.52. The van der Waals surface area contributed by atoms with E-state index in [0.29, 0.717) is 35.8 Å². The normalized spacial score (nSPS) is 19.7. The SMILES string of the molecule is C=CC1(C2=CC(COc3cccc([C@H](O)CC(=O)O)c3)CC=C2c2cc(OC)ncc2F)CCCC1. The van der Waals surface area contributed by atoms with Crippen molar-refractivity contribution in [1.82, 2.24) is 4.98 Å². The average molecular weight is 494 g/mol. The Bertz CT molecular complexity index is 1180. The Morgan fingerprint density at radius 2 is 2.11 bits per heavy atom. The molecule has 2 aliphatic rings. The molecule has 2 atom stereocenters. The molecule has 2 aromatic rings. The molecule has 6 nitrogen and oxygen atoms in total. The van der Waals surface area contributed by atoms with Crippen molar-refractivity contribution in [2.24, 2.45) is 11.3 Å². The number of rotatable bonds is 10. The number of aliphatic hydroxyl groups is 1. The van der Waals surface area contributed by atoms with Crippen LogP contribution in [0.3, 0.4) is 0 Å². The molecule has 0 saturated heterocycles. The van der Waals surface area contributed by atoms with Gasteiger partial charge >= 0.3 is 5.97 Å². The molecule has 1 heterocycles. The number of carboxylic acids is 1. The third kappa shape index (κ3) is 5.51. The van der Waals surface area contributed by atoms with Crippen LogP contribution in [0.1, 0.15) is 55.8 Å². The predicted molar refractivity (Wildman–Crippen MR) is 135 cm³/mol. The maximum absolute atomic E-state index is 14.9. The number of carbonyl (C=O) groups is 1. The van der Waals surface area contributed by atoms with Crippen LogP contribution in [0.2, 0.25) is 0 Å². The van der Waals surface area contributed by atoms with Gasteiger partial charge in [0.05, 0.1) is 32.4 Å². The molecular weight excluding hydrogens is 461 g/mol. The van der Waals surface area contributed by atoms with Crippen LogP contribution in [0.5, 0.6) is 11.6 Å². The summed E-state index contributed by atoms with van der Waals surface area (Å²) in [5.74, 6) is -0.480. The second-order valence-electron chi connectivity index (χ2n) is 9.46. The van der Waals surface area contributed by atoms with E-state index >= 15 is 0 Å². The molecule has 2 N–H and O–H groups in total. The zero-order valence-electron chi connectivity index (χ0n) is 20.5. The van der Waals surface area contributed by atoms with Crippen LogP contribution in [0, 0.1) is 17.2 Å². The molecule has 1 saturated carbocycles. The lowest BCUT2D eigenvalue weighted by molar-refractivity contribution is -0.139. The monoisotopic (exact) mass is 493 g/mol. The van der Waals surface area contributed by atoms with Crippen molar-refractivity contribution in [3.05, 3.63) is 83.9 Å². The number of methoxy groups -OCH3 is 1. The second-order valence-corrected chi connectivity index (χ2v) is 9.46. The Morgan fingerprint density at radius 1 is 1.33 bits per heavy atom. The number of aliphatic carboxylic acids is 1. The van der Waals surface area contributed by atoms with Crippen LogP contribution in [0.4, 0.5) is 4.39 Å². The third-order valence-electron chi connectivity index (χ3n) is 7.14. The Balaban J connectivity index is 1.59. The lowest BCUT2D eigenvalue weighted by Gasteiger charge is -2.34. The highest BCUT2D eigenvalue weighted by Crippen LogP contribution is 2.52. The minimum absolute atomic E-state index is 0.0561.